The Hall–Kier alpha value is -3.75. The number of aromatic nitrogens is 4. The van der Waals surface area contributed by atoms with Gasteiger partial charge in [0.25, 0.3) is 5.56 Å². The number of halogens is 1. The second kappa shape index (κ2) is 8.65. The van der Waals surface area contributed by atoms with Gasteiger partial charge in [-0.05, 0) is 42.7 Å². The maximum absolute atomic E-state index is 13.3. The number of nitrogens with zero attached hydrogens (tertiary/aromatic N) is 4. The van der Waals surface area contributed by atoms with E-state index in [2.05, 4.69) is 10.4 Å². The largest absolute Gasteiger partial charge is 0.353 e. The van der Waals surface area contributed by atoms with Crippen LogP contribution in [-0.4, -0.2) is 30.7 Å². The van der Waals surface area contributed by atoms with Gasteiger partial charge in [0, 0.05) is 19.0 Å². The first-order valence-electron chi connectivity index (χ1n) is 11.2. The number of rotatable bonds is 6. The molecule has 8 nitrogen and oxygen atoms in total. The number of hydrogen-bond acceptors (Lipinski definition) is 4. The molecule has 0 radical (unpaired) electrons. The Morgan fingerprint density at radius 3 is 2.55 bits per heavy atom. The lowest BCUT2D eigenvalue weighted by molar-refractivity contribution is -0.121. The molecule has 1 amide bonds. The van der Waals surface area contributed by atoms with Crippen molar-refractivity contribution >= 4 is 22.6 Å². The van der Waals surface area contributed by atoms with Crippen molar-refractivity contribution in [1.82, 2.24) is 24.1 Å². The van der Waals surface area contributed by atoms with Crippen LogP contribution >= 0.6 is 0 Å². The molecule has 1 aliphatic rings. The van der Waals surface area contributed by atoms with Crippen LogP contribution in [0.2, 0.25) is 0 Å². The third-order valence-electron chi connectivity index (χ3n) is 6.21. The summed E-state index contributed by atoms with van der Waals surface area (Å²) in [6, 6.07) is 12.9. The number of nitrogens with one attached hydrogen (secondary N) is 1. The minimum Gasteiger partial charge on any atom is -0.353 e. The Labute approximate surface area is 188 Å². The van der Waals surface area contributed by atoms with Crippen molar-refractivity contribution in [2.24, 2.45) is 0 Å². The smallest absolute Gasteiger partial charge is 0.352 e. The van der Waals surface area contributed by atoms with E-state index in [9.17, 15) is 18.8 Å². The summed E-state index contributed by atoms with van der Waals surface area (Å²) in [7, 11) is 0. The standard InChI is InChI=1S/C24H24FN5O3/c25-17-11-9-16(10-12-17)15-29-24(33)30-20-8-4-3-7-19(20)22(32)28(23(30)27-29)14-13-21(31)26-18-5-1-2-6-18/h3-4,7-12,18H,1-2,5-6,13-15H2,(H,26,31). The van der Waals surface area contributed by atoms with E-state index in [1.165, 1.54) is 25.8 Å². The van der Waals surface area contributed by atoms with Crippen molar-refractivity contribution in [2.45, 2.75) is 51.2 Å². The molecular weight excluding hydrogens is 425 g/mol. The summed E-state index contributed by atoms with van der Waals surface area (Å²) in [4.78, 5) is 39.0. The number of aryl methyl sites for hydroxylation is 1. The van der Waals surface area contributed by atoms with Crippen LogP contribution in [0.4, 0.5) is 4.39 Å². The van der Waals surface area contributed by atoms with Crippen LogP contribution in [0.5, 0.6) is 0 Å². The number of carbonyl (C=O) groups is 1. The molecule has 0 bridgehead atoms. The molecule has 2 aromatic heterocycles. The topological polar surface area (TPSA) is 90.4 Å². The summed E-state index contributed by atoms with van der Waals surface area (Å²) in [6.45, 7) is 0.240. The molecular formula is C24H24FN5O3. The highest BCUT2D eigenvalue weighted by molar-refractivity contribution is 5.80. The zero-order valence-corrected chi connectivity index (χ0v) is 18.0. The lowest BCUT2D eigenvalue weighted by Crippen LogP contribution is -2.34. The Kier molecular flexibility index (Phi) is 5.53. The van der Waals surface area contributed by atoms with Gasteiger partial charge in [0.15, 0.2) is 0 Å². The first-order chi connectivity index (χ1) is 16.0. The lowest BCUT2D eigenvalue weighted by Gasteiger charge is -2.13. The van der Waals surface area contributed by atoms with Crippen molar-refractivity contribution in [2.75, 3.05) is 0 Å². The Morgan fingerprint density at radius 2 is 1.79 bits per heavy atom. The Morgan fingerprint density at radius 1 is 1.06 bits per heavy atom. The number of benzene rings is 2. The van der Waals surface area contributed by atoms with Gasteiger partial charge in [-0.2, -0.15) is 0 Å². The minimum atomic E-state index is -0.408. The predicted octanol–water partition coefficient (Wildman–Crippen LogP) is 2.45. The first-order valence-corrected chi connectivity index (χ1v) is 11.2. The van der Waals surface area contributed by atoms with Crippen LogP contribution in [0.3, 0.4) is 0 Å². The molecule has 1 fully saturated rings. The molecule has 0 atom stereocenters. The van der Waals surface area contributed by atoms with Crippen LogP contribution in [0, 0.1) is 5.82 Å². The van der Waals surface area contributed by atoms with E-state index in [1.54, 1.807) is 36.4 Å². The average Bonchev–Trinajstić information content (AvgIpc) is 3.43. The van der Waals surface area contributed by atoms with Gasteiger partial charge >= 0.3 is 5.69 Å². The molecule has 33 heavy (non-hydrogen) atoms. The molecule has 5 rings (SSSR count). The van der Waals surface area contributed by atoms with Gasteiger partial charge in [0.1, 0.15) is 5.82 Å². The number of fused-ring (bicyclic) bond motifs is 3. The van der Waals surface area contributed by atoms with Crippen LogP contribution in [0.25, 0.3) is 16.7 Å². The van der Waals surface area contributed by atoms with Gasteiger partial charge in [-0.3, -0.25) is 14.2 Å². The fraction of sp³-hybridized carbons (Fsp3) is 0.333. The fourth-order valence-electron chi connectivity index (χ4n) is 4.52. The molecule has 0 saturated heterocycles. The molecule has 1 N–H and O–H groups in total. The minimum absolute atomic E-state index is 0.110. The maximum atomic E-state index is 13.3. The number of para-hydroxylation sites is 1. The van der Waals surface area contributed by atoms with E-state index in [0.29, 0.717) is 16.5 Å². The summed E-state index contributed by atoms with van der Waals surface area (Å²) in [6.07, 6.45) is 4.31. The quantitative estimate of drug-likeness (QED) is 0.490. The summed E-state index contributed by atoms with van der Waals surface area (Å²) >= 11 is 0. The third-order valence-corrected chi connectivity index (χ3v) is 6.21. The zero-order valence-electron chi connectivity index (χ0n) is 18.0. The van der Waals surface area contributed by atoms with Crippen molar-refractivity contribution in [3.8, 4) is 0 Å². The highest BCUT2D eigenvalue weighted by Crippen LogP contribution is 2.18. The molecule has 4 aromatic rings. The molecule has 1 aliphatic carbocycles. The maximum Gasteiger partial charge on any atom is 0.352 e. The van der Waals surface area contributed by atoms with Crippen molar-refractivity contribution in [3.05, 3.63) is 80.7 Å². The van der Waals surface area contributed by atoms with Gasteiger partial charge in [0.2, 0.25) is 11.7 Å². The van der Waals surface area contributed by atoms with Gasteiger partial charge in [-0.15, -0.1) is 5.10 Å². The normalized spacial score (nSPS) is 14.3. The van der Waals surface area contributed by atoms with Gasteiger partial charge in [-0.1, -0.05) is 37.1 Å². The highest BCUT2D eigenvalue weighted by Gasteiger charge is 2.20. The van der Waals surface area contributed by atoms with Gasteiger partial charge < -0.3 is 5.32 Å². The van der Waals surface area contributed by atoms with E-state index in [-0.39, 0.29) is 48.6 Å². The van der Waals surface area contributed by atoms with Crippen LogP contribution in [-0.2, 0) is 17.9 Å². The zero-order chi connectivity index (χ0) is 22.9. The number of hydrogen-bond donors (Lipinski definition) is 1. The van der Waals surface area contributed by atoms with E-state index in [1.807, 2.05) is 0 Å². The molecule has 170 valence electrons. The van der Waals surface area contributed by atoms with Crippen molar-refractivity contribution < 1.29 is 9.18 Å². The van der Waals surface area contributed by atoms with E-state index >= 15 is 0 Å². The third kappa shape index (κ3) is 4.06. The summed E-state index contributed by atoms with van der Waals surface area (Å²) in [5.74, 6) is -0.301. The van der Waals surface area contributed by atoms with Crippen LogP contribution in [0.1, 0.15) is 37.7 Å². The van der Waals surface area contributed by atoms with Crippen LogP contribution in [0.15, 0.2) is 58.1 Å². The summed E-state index contributed by atoms with van der Waals surface area (Å²) in [5, 5.41) is 7.83. The first kappa shape index (κ1) is 21.1. The molecule has 2 heterocycles. The second-order valence-electron chi connectivity index (χ2n) is 8.47. The molecule has 0 aliphatic heterocycles. The van der Waals surface area contributed by atoms with Gasteiger partial charge in [0.05, 0.1) is 17.4 Å². The highest BCUT2D eigenvalue weighted by atomic mass is 19.1. The van der Waals surface area contributed by atoms with E-state index < -0.39 is 5.69 Å². The summed E-state index contributed by atoms with van der Waals surface area (Å²) in [5.41, 5.74) is 0.455. The lowest BCUT2D eigenvalue weighted by atomic mass is 10.2. The monoisotopic (exact) mass is 449 g/mol. The molecule has 1 saturated carbocycles. The molecule has 2 aromatic carbocycles. The Balaban J connectivity index is 1.54. The van der Waals surface area contributed by atoms with E-state index in [0.717, 1.165) is 25.7 Å². The SMILES string of the molecule is O=C(CCn1c(=O)c2ccccc2n2c(=O)n(Cc3ccc(F)cc3)nc12)NC1CCCC1. The van der Waals surface area contributed by atoms with Crippen LogP contribution < -0.4 is 16.6 Å². The number of carbonyl (C=O) groups excluding carboxylic acids is 1. The average molecular weight is 449 g/mol. The molecule has 9 heteroatoms. The van der Waals surface area contributed by atoms with E-state index in [4.69, 9.17) is 0 Å². The number of amides is 1. The van der Waals surface area contributed by atoms with Crippen molar-refractivity contribution in [1.29, 1.82) is 0 Å². The second-order valence-corrected chi connectivity index (χ2v) is 8.47. The predicted molar refractivity (Wildman–Crippen MR) is 122 cm³/mol. The van der Waals surface area contributed by atoms with Gasteiger partial charge in [-0.25, -0.2) is 18.3 Å². The fourth-order valence-corrected chi connectivity index (χ4v) is 4.52. The van der Waals surface area contributed by atoms with Crippen molar-refractivity contribution in [3.63, 3.8) is 0 Å². The summed E-state index contributed by atoms with van der Waals surface area (Å²) < 4.78 is 17.3. The molecule has 0 spiro atoms. The molecule has 0 unspecified atom stereocenters. The Bertz CT molecular complexity index is 1450.